The lowest BCUT2D eigenvalue weighted by atomic mass is 10.1. The second kappa shape index (κ2) is 9.47. The number of methoxy groups -OCH3 is 1. The van der Waals surface area contributed by atoms with E-state index in [9.17, 15) is 9.59 Å². The lowest BCUT2D eigenvalue weighted by Crippen LogP contribution is -2.37. The van der Waals surface area contributed by atoms with E-state index in [-0.39, 0.29) is 11.8 Å². The highest BCUT2D eigenvalue weighted by Crippen LogP contribution is 2.22. The monoisotopic (exact) mass is 433 g/mol. The maximum atomic E-state index is 13.1. The first-order chi connectivity index (χ1) is 15.4. The van der Waals surface area contributed by atoms with Gasteiger partial charge in [0.25, 0.3) is 5.91 Å². The third-order valence-electron chi connectivity index (χ3n) is 6.24. The average Bonchev–Trinajstić information content (AvgIpc) is 3.06. The van der Waals surface area contributed by atoms with E-state index in [0.717, 1.165) is 28.6 Å². The second-order valence-electron chi connectivity index (χ2n) is 8.60. The van der Waals surface area contributed by atoms with Crippen LogP contribution in [0.5, 0.6) is 5.75 Å². The van der Waals surface area contributed by atoms with Gasteiger partial charge in [-0.3, -0.25) is 9.59 Å². The summed E-state index contributed by atoms with van der Waals surface area (Å²) in [7, 11) is 1.64. The van der Waals surface area contributed by atoms with Crippen molar-refractivity contribution < 1.29 is 14.3 Å². The fourth-order valence-electron chi connectivity index (χ4n) is 4.46. The Labute approximate surface area is 189 Å². The van der Waals surface area contributed by atoms with Gasteiger partial charge in [-0.15, -0.1) is 0 Å². The van der Waals surface area contributed by atoms with Crippen LogP contribution in [-0.2, 0) is 11.2 Å². The number of carbonyl (C=O) groups excluding carboxylic acids is 2. The minimum Gasteiger partial charge on any atom is -0.497 e. The molecule has 0 saturated carbocycles. The van der Waals surface area contributed by atoms with Gasteiger partial charge in [0.1, 0.15) is 11.4 Å². The number of carbonyl (C=O) groups is 2. The van der Waals surface area contributed by atoms with Gasteiger partial charge in [0, 0.05) is 43.5 Å². The molecule has 32 heavy (non-hydrogen) atoms. The van der Waals surface area contributed by atoms with Gasteiger partial charge in [-0.25, -0.2) is 0 Å². The Bertz CT molecular complexity index is 1120. The molecule has 1 fully saturated rings. The Kier molecular flexibility index (Phi) is 6.49. The molecule has 4 rings (SSSR count). The van der Waals surface area contributed by atoms with Crippen molar-refractivity contribution in [3.63, 3.8) is 0 Å². The van der Waals surface area contributed by atoms with Crippen molar-refractivity contribution in [3.8, 4) is 5.75 Å². The van der Waals surface area contributed by atoms with Crippen molar-refractivity contribution in [2.45, 2.75) is 33.1 Å². The van der Waals surface area contributed by atoms with E-state index in [2.05, 4.69) is 31.0 Å². The van der Waals surface area contributed by atoms with Crippen molar-refractivity contribution >= 4 is 22.7 Å². The molecule has 6 nitrogen and oxygen atoms in total. The summed E-state index contributed by atoms with van der Waals surface area (Å²) in [5, 5.41) is 1.09. The molecule has 3 aromatic rings. The van der Waals surface area contributed by atoms with Gasteiger partial charge < -0.3 is 19.5 Å². The Morgan fingerprint density at radius 1 is 0.969 bits per heavy atom. The van der Waals surface area contributed by atoms with Crippen LogP contribution in [0.2, 0.25) is 0 Å². The van der Waals surface area contributed by atoms with Crippen LogP contribution in [0.1, 0.15) is 40.0 Å². The molecule has 0 radical (unpaired) electrons. The standard InChI is InChI=1S/C26H31N3O3/c1-18-15-19(2)22-17-24(27-23(22)16-18)26(31)29-12-4-11-28(13-14-29)25(30)10-7-20-5-8-21(32-3)9-6-20/h5-6,8-9,15-17,27H,4,7,10-14H2,1-3H3. The van der Waals surface area contributed by atoms with Crippen LogP contribution in [0.4, 0.5) is 0 Å². The van der Waals surface area contributed by atoms with Crippen LogP contribution in [0.15, 0.2) is 42.5 Å². The lowest BCUT2D eigenvalue weighted by molar-refractivity contribution is -0.131. The first-order valence-electron chi connectivity index (χ1n) is 11.2. The fourth-order valence-corrected chi connectivity index (χ4v) is 4.46. The van der Waals surface area contributed by atoms with E-state index in [1.165, 1.54) is 11.1 Å². The minimum absolute atomic E-state index is 0.00536. The smallest absolute Gasteiger partial charge is 0.270 e. The zero-order chi connectivity index (χ0) is 22.7. The highest BCUT2D eigenvalue weighted by molar-refractivity contribution is 5.99. The van der Waals surface area contributed by atoms with Crippen molar-refractivity contribution in [3.05, 3.63) is 64.8 Å². The van der Waals surface area contributed by atoms with Gasteiger partial charge in [0.05, 0.1) is 7.11 Å². The molecule has 6 heteroatoms. The van der Waals surface area contributed by atoms with E-state index in [4.69, 9.17) is 4.74 Å². The highest BCUT2D eigenvalue weighted by atomic mass is 16.5. The summed E-state index contributed by atoms with van der Waals surface area (Å²) < 4.78 is 5.18. The maximum absolute atomic E-state index is 13.1. The van der Waals surface area contributed by atoms with E-state index in [1.54, 1.807) is 7.11 Å². The third kappa shape index (κ3) is 4.79. The van der Waals surface area contributed by atoms with Crippen LogP contribution in [0.25, 0.3) is 10.9 Å². The first kappa shape index (κ1) is 21.9. The van der Waals surface area contributed by atoms with Crippen LogP contribution in [0.3, 0.4) is 0 Å². The Hall–Kier alpha value is -3.28. The predicted molar refractivity (Wildman–Crippen MR) is 126 cm³/mol. The number of hydrogen-bond donors (Lipinski definition) is 1. The minimum atomic E-state index is 0.00536. The Morgan fingerprint density at radius 3 is 2.44 bits per heavy atom. The highest BCUT2D eigenvalue weighted by Gasteiger charge is 2.24. The number of nitrogens with one attached hydrogen (secondary N) is 1. The number of fused-ring (bicyclic) bond motifs is 1. The molecule has 0 bridgehead atoms. The summed E-state index contributed by atoms with van der Waals surface area (Å²) in [6.07, 6.45) is 1.97. The number of rotatable bonds is 5. The van der Waals surface area contributed by atoms with E-state index in [0.29, 0.717) is 44.7 Å². The molecule has 2 aromatic carbocycles. The van der Waals surface area contributed by atoms with Crippen LogP contribution in [0, 0.1) is 13.8 Å². The molecule has 2 amide bonds. The van der Waals surface area contributed by atoms with Crippen molar-refractivity contribution in [1.29, 1.82) is 0 Å². The molecular weight excluding hydrogens is 402 g/mol. The molecule has 0 spiro atoms. The maximum Gasteiger partial charge on any atom is 0.270 e. The summed E-state index contributed by atoms with van der Waals surface area (Å²) in [5.41, 5.74) is 5.08. The van der Waals surface area contributed by atoms with Crippen molar-refractivity contribution in [2.75, 3.05) is 33.3 Å². The molecule has 0 atom stereocenters. The lowest BCUT2D eigenvalue weighted by Gasteiger charge is -2.22. The van der Waals surface area contributed by atoms with Crippen LogP contribution >= 0.6 is 0 Å². The summed E-state index contributed by atoms with van der Waals surface area (Å²) in [6.45, 7) is 6.61. The van der Waals surface area contributed by atoms with Gasteiger partial charge in [0.15, 0.2) is 0 Å². The zero-order valence-corrected chi connectivity index (χ0v) is 19.1. The first-order valence-corrected chi connectivity index (χ1v) is 11.2. The van der Waals surface area contributed by atoms with Crippen molar-refractivity contribution in [1.82, 2.24) is 14.8 Å². The summed E-state index contributed by atoms with van der Waals surface area (Å²) in [6, 6.07) is 14.0. The Balaban J connectivity index is 1.35. The number of aromatic nitrogens is 1. The molecule has 1 aliphatic heterocycles. The molecule has 0 aliphatic carbocycles. The number of hydrogen-bond acceptors (Lipinski definition) is 3. The normalized spacial score (nSPS) is 14.5. The number of benzene rings is 2. The van der Waals surface area contributed by atoms with E-state index >= 15 is 0 Å². The van der Waals surface area contributed by atoms with Gasteiger partial charge >= 0.3 is 0 Å². The molecule has 1 N–H and O–H groups in total. The number of aryl methyl sites for hydroxylation is 3. The number of nitrogens with zero attached hydrogens (tertiary/aromatic N) is 2. The van der Waals surface area contributed by atoms with Crippen LogP contribution in [-0.4, -0.2) is 59.9 Å². The molecule has 2 heterocycles. The molecule has 168 valence electrons. The van der Waals surface area contributed by atoms with Crippen LogP contribution < -0.4 is 4.74 Å². The SMILES string of the molecule is COc1ccc(CCC(=O)N2CCCN(C(=O)c3cc4c(C)cc(C)cc4[nH]3)CC2)cc1. The predicted octanol–water partition coefficient (Wildman–Crippen LogP) is 4.10. The molecule has 1 aliphatic rings. The van der Waals surface area contributed by atoms with E-state index < -0.39 is 0 Å². The average molecular weight is 434 g/mol. The van der Waals surface area contributed by atoms with E-state index in [1.807, 2.05) is 40.1 Å². The molecule has 0 unspecified atom stereocenters. The molecule has 1 saturated heterocycles. The Morgan fingerprint density at radius 2 is 1.69 bits per heavy atom. The fraction of sp³-hybridized carbons (Fsp3) is 0.385. The van der Waals surface area contributed by atoms with Crippen molar-refractivity contribution in [2.24, 2.45) is 0 Å². The quantitative estimate of drug-likeness (QED) is 0.659. The van der Waals surface area contributed by atoms with Gasteiger partial charge in [0.2, 0.25) is 5.91 Å². The second-order valence-corrected chi connectivity index (χ2v) is 8.60. The summed E-state index contributed by atoms with van der Waals surface area (Å²) in [4.78, 5) is 33.0. The molecule has 1 aromatic heterocycles. The van der Waals surface area contributed by atoms with Gasteiger partial charge in [-0.05, 0) is 67.6 Å². The van der Waals surface area contributed by atoms with Gasteiger partial charge in [-0.2, -0.15) is 0 Å². The summed E-state index contributed by atoms with van der Waals surface area (Å²) in [5.74, 6) is 0.968. The molecular formula is C26H31N3O3. The number of amides is 2. The summed E-state index contributed by atoms with van der Waals surface area (Å²) >= 11 is 0. The largest absolute Gasteiger partial charge is 0.497 e. The number of H-pyrrole nitrogens is 1. The topological polar surface area (TPSA) is 65.6 Å². The number of ether oxygens (including phenoxy) is 1. The van der Waals surface area contributed by atoms with Gasteiger partial charge in [-0.1, -0.05) is 18.2 Å². The number of aromatic amines is 1. The zero-order valence-electron chi connectivity index (χ0n) is 19.1. The third-order valence-corrected chi connectivity index (χ3v) is 6.24.